The summed E-state index contributed by atoms with van der Waals surface area (Å²) in [4.78, 5) is 0.519. The van der Waals surface area contributed by atoms with Gasteiger partial charge in [0.25, 0.3) is 0 Å². The van der Waals surface area contributed by atoms with Gasteiger partial charge in [-0.3, -0.25) is 0 Å². The predicted molar refractivity (Wildman–Crippen MR) is 86.5 cm³/mol. The first kappa shape index (κ1) is 16.3. The quantitative estimate of drug-likeness (QED) is 0.784. The Bertz CT molecular complexity index is 474. The number of halogens is 1. The van der Waals surface area contributed by atoms with Gasteiger partial charge in [0.1, 0.15) is 5.75 Å². The Labute approximate surface area is 126 Å². The predicted octanol–water partition coefficient (Wildman–Crippen LogP) is 4.53. The number of hydrogen-bond donors (Lipinski definition) is 1. The summed E-state index contributed by atoms with van der Waals surface area (Å²) < 4.78 is 5.86. The van der Waals surface area contributed by atoms with E-state index in [4.69, 9.17) is 34.3 Å². The van der Waals surface area contributed by atoms with Crippen molar-refractivity contribution in [1.29, 1.82) is 0 Å². The molecule has 0 radical (unpaired) electrons. The van der Waals surface area contributed by atoms with Gasteiger partial charge in [-0.05, 0) is 43.4 Å². The summed E-state index contributed by atoms with van der Waals surface area (Å²) in [6.45, 7) is 8.92. The summed E-state index contributed by atoms with van der Waals surface area (Å²) in [5.74, 6) is 1.12. The van der Waals surface area contributed by atoms with Gasteiger partial charge in [-0.2, -0.15) is 0 Å². The number of thiocarbonyl (C=S) groups is 1. The van der Waals surface area contributed by atoms with Crippen molar-refractivity contribution in [3.05, 3.63) is 27.8 Å². The highest BCUT2D eigenvalue weighted by atomic mass is 35.5. The zero-order chi connectivity index (χ0) is 14.6. The SMILES string of the molecule is CCCOc1cc(C)c(Cl)c(C)c1C(C)CC(N)=S. The highest BCUT2D eigenvalue weighted by molar-refractivity contribution is 7.80. The van der Waals surface area contributed by atoms with Crippen molar-refractivity contribution in [3.8, 4) is 5.75 Å². The van der Waals surface area contributed by atoms with Gasteiger partial charge in [-0.1, -0.05) is 37.7 Å². The number of benzene rings is 1. The van der Waals surface area contributed by atoms with Gasteiger partial charge < -0.3 is 10.5 Å². The molecule has 0 aliphatic heterocycles. The summed E-state index contributed by atoms with van der Waals surface area (Å²) >= 11 is 11.4. The van der Waals surface area contributed by atoms with Crippen LogP contribution in [-0.2, 0) is 0 Å². The van der Waals surface area contributed by atoms with E-state index in [2.05, 4.69) is 13.8 Å². The molecular weight excluding hydrogens is 278 g/mol. The van der Waals surface area contributed by atoms with E-state index >= 15 is 0 Å². The Kier molecular flexibility index (Phi) is 6.08. The lowest BCUT2D eigenvalue weighted by Crippen LogP contribution is -2.13. The van der Waals surface area contributed by atoms with Crippen LogP contribution < -0.4 is 10.5 Å². The minimum atomic E-state index is 0.211. The molecule has 0 amide bonds. The topological polar surface area (TPSA) is 35.2 Å². The summed E-state index contributed by atoms with van der Waals surface area (Å²) in [6.07, 6.45) is 1.64. The summed E-state index contributed by atoms with van der Waals surface area (Å²) in [7, 11) is 0. The maximum atomic E-state index is 6.35. The van der Waals surface area contributed by atoms with Crippen molar-refractivity contribution in [2.45, 2.75) is 46.5 Å². The summed E-state index contributed by atoms with van der Waals surface area (Å²) in [5.41, 5.74) is 8.88. The molecule has 0 saturated carbocycles. The molecule has 106 valence electrons. The number of aryl methyl sites for hydroxylation is 1. The fourth-order valence-corrected chi connectivity index (χ4v) is 2.69. The molecule has 1 aromatic rings. The largest absolute Gasteiger partial charge is 0.493 e. The molecule has 1 unspecified atom stereocenters. The second kappa shape index (κ2) is 7.11. The minimum Gasteiger partial charge on any atom is -0.493 e. The molecule has 0 aromatic heterocycles. The van der Waals surface area contributed by atoms with Crippen LogP contribution in [0.15, 0.2) is 6.07 Å². The van der Waals surface area contributed by atoms with Crippen molar-refractivity contribution in [2.24, 2.45) is 5.73 Å². The number of hydrogen-bond acceptors (Lipinski definition) is 2. The van der Waals surface area contributed by atoms with Gasteiger partial charge in [0, 0.05) is 17.0 Å². The van der Waals surface area contributed by atoms with E-state index in [1.54, 1.807) is 0 Å². The number of rotatable bonds is 6. The standard InChI is InChI=1S/C15H22ClNOS/c1-5-6-18-12-7-10(3)15(16)11(4)14(12)9(2)8-13(17)19/h7,9H,5-6,8H2,1-4H3,(H2,17,19). The molecule has 19 heavy (non-hydrogen) atoms. The second-order valence-corrected chi connectivity index (χ2v) is 5.87. The molecule has 2 nitrogen and oxygen atoms in total. The first-order valence-corrected chi connectivity index (χ1v) is 7.37. The average Bonchev–Trinajstić information content (AvgIpc) is 2.32. The smallest absolute Gasteiger partial charge is 0.123 e. The van der Waals surface area contributed by atoms with Crippen LogP contribution >= 0.6 is 23.8 Å². The zero-order valence-corrected chi connectivity index (χ0v) is 13.6. The van der Waals surface area contributed by atoms with Gasteiger partial charge in [0.05, 0.1) is 11.6 Å². The molecule has 1 rings (SSSR count). The fourth-order valence-electron chi connectivity index (χ4n) is 2.28. The molecule has 0 saturated heterocycles. The number of ether oxygens (including phenoxy) is 1. The Morgan fingerprint density at radius 3 is 2.63 bits per heavy atom. The van der Waals surface area contributed by atoms with Crippen LogP contribution in [0.4, 0.5) is 0 Å². The Morgan fingerprint density at radius 1 is 1.47 bits per heavy atom. The molecule has 4 heteroatoms. The van der Waals surface area contributed by atoms with Gasteiger partial charge >= 0.3 is 0 Å². The van der Waals surface area contributed by atoms with Gasteiger partial charge in [0.15, 0.2) is 0 Å². The molecule has 0 heterocycles. The Morgan fingerprint density at radius 2 is 2.11 bits per heavy atom. The first-order valence-electron chi connectivity index (χ1n) is 6.59. The van der Waals surface area contributed by atoms with Crippen LogP contribution in [0.5, 0.6) is 5.75 Å². The van der Waals surface area contributed by atoms with Crippen LogP contribution in [0.2, 0.25) is 5.02 Å². The zero-order valence-electron chi connectivity index (χ0n) is 12.0. The third kappa shape index (κ3) is 4.08. The maximum Gasteiger partial charge on any atom is 0.123 e. The third-order valence-corrected chi connectivity index (χ3v) is 3.90. The second-order valence-electron chi connectivity index (χ2n) is 4.96. The maximum absolute atomic E-state index is 6.35. The van der Waals surface area contributed by atoms with Gasteiger partial charge in [-0.25, -0.2) is 0 Å². The molecule has 0 fully saturated rings. The first-order chi connectivity index (χ1) is 8.88. The molecular formula is C15H22ClNOS. The lowest BCUT2D eigenvalue weighted by Gasteiger charge is -2.21. The average molecular weight is 300 g/mol. The van der Waals surface area contributed by atoms with E-state index in [0.717, 1.165) is 33.9 Å². The molecule has 2 N–H and O–H groups in total. The van der Waals surface area contributed by atoms with Crippen molar-refractivity contribution in [3.63, 3.8) is 0 Å². The highest BCUT2D eigenvalue weighted by Gasteiger charge is 2.19. The van der Waals surface area contributed by atoms with Gasteiger partial charge in [-0.15, -0.1) is 0 Å². The monoisotopic (exact) mass is 299 g/mol. The molecule has 1 atom stereocenters. The van der Waals surface area contributed by atoms with Crippen LogP contribution in [0, 0.1) is 13.8 Å². The van der Waals surface area contributed by atoms with Crippen molar-refractivity contribution in [2.75, 3.05) is 6.61 Å². The van der Waals surface area contributed by atoms with E-state index in [1.165, 1.54) is 0 Å². The molecule has 0 aliphatic carbocycles. The van der Waals surface area contributed by atoms with Crippen LogP contribution in [0.3, 0.4) is 0 Å². The van der Waals surface area contributed by atoms with Crippen molar-refractivity contribution < 1.29 is 4.74 Å². The van der Waals surface area contributed by atoms with Crippen LogP contribution in [0.25, 0.3) is 0 Å². The van der Waals surface area contributed by atoms with Crippen molar-refractivity contribution >= 4 is 28.8 Å². The third-order valence-electron chi connectivity index (χ3n) is 3.15. The highest BCUT2D eigenvalue weighted by Crippen LogP contribution is 2.37. The molecule has 0 bridgehead atoms. The van der Waals surface area contributed by atoms with E-state index in [0.29, 0.717) is 18.0 Å². The summed E-state index contributed by atoms with van der Waals surface area (Å²) in [5, 5.41) is 0.800. The lowest BCUT2D eigenvalue weighted by atomic mass is 9.91. The minimum absolute atomic E-state index is 0.211. The molecule has 0 aliphatic rings. The van der Waals surface area contributed by atoms with E-state index in [9.17, 15) is 0 Å². The van der Waals surface area contributed by atoms with E-state index in [-0.39, 0.29) is 5.92 Å². The number of nitrogens with two attached hydrogens (primary N) is 1. The van der Waals surface area contributed by atoms with E-state index in [1.807, 2.05) is 19.9 Å². The van der Waals surface area contributed by atoms with Crippen LogP contribution in [-0.4, -0.2) is 11.6 Å². The van der Waals surface area contributed by atoms with Crippen LogP contribution in [0.1, 0.15) is 49.3 Å². The normalized spacial score (nSPS) is 12.3. The summed E-state index contributed by atoms with van der Waals surface area (Å²) in [6, 6.07) is 2.01. The molecule has 0 spiro atoms. The molecule has 1 aromatic carbocycles. The van der Waals surface area contributed by atoms with Gasteiger partial charge in [0.2, 0.25) is 0 Å². The Balaban J connectivity index is 3.24. The Hall–Kier alpha value is -0.800. The van der Waals surface area contributed by atoms with Crippen molar-refractivity contribution in [1.82, 2.24) is 0 Å². The van der Waals surface area contributed by atoms with E-state index < -0.39 is 0 Å². The fraction of sp³-hybridized carbons (Fsp3) is 0.533. The lowest BCUT2D eigenvalue weighted by molar-refractivity contribution is 0.312.